The zero-order valence-corrected chi connectivity index (χ0v) is 7.39. The third-order valence-corrected chi connectivity index (χ3v) is 1.63. The number of hydrogen-bond acceptors (Lipinski definition) is 1. The van der Waals surface area contributed by atoms with Crippen LogP contribution in [0.3, 0.4) is 0 Å². The fraction of sp³-hybridized carbons (Fsp3) is 0.889. The molecule has 0 spiro atoms. The summed E-state index contributed by atoms with van der Waals surface area (Å²) in [5.74, 6) is 1.58. The molecule has 0 aromatic rings. The van der Waals surface area contributed by atoms with E-state index in [1.54, 1.807) is 0 Å². The van der Waals surface area contributed by atoms with Crippen molar-refractivity contribution in [3.8, 4) is 0 Å². The van der Waals surface area contributed by atoms with Gasteiger partial charge in [-0.15, -0.1) is 0 Å². The number of hydrogen-bond donors (Lipinski definition) is 0. The molecule has 1 nitrogen and oxygen atoms in total. The highest BCUT2D eigenvalue weighted by Gasteiger charge is 2.03. The second kappa shape index (κ2) is 5.72. The molecular formula is C9H19O. The van der Waals surface area contributed by atoms with Gasteiger partial charge in [0.15, 0.2) is 0 Å². The molecule has 0 fully saturated rings. The molecule has 0 amide bonds. The van der Waals surface area contributed by atoms with E-state index in [4.69, 9.17) is 4.74 Å². The first-order valence-electron chi connectivity index (χ1n) is 4.03. The summed E-state index contributed by atoms with van der Waals surface area (Å²) in [7, 11) is 3.34. The van der Waals surface area contributed by atoms with E-state index >= 15 is 0 Å². The lowest BCUT2D eigenvalue weighted by Gasteiger charge is -2.12. The van der Waals surface area contributed by atoms with Gasteiger partial charge in [0.1, 0.15) is 0 Å². The zero-order valence-electron chi connectivity index (χ0n) is 7.39. The summed E-state index contributed by atoms with van der Waals surface area (Å²) < 4.78 is 4.74. The first-order chi connectivity index (χ1) is 4.66. The summed E-state index contributed by atoms with van der Waals surface area (Å²) in [6, 6.07) is 0. The monoisotopic (exact) mass is 143 g/mol. The molecule has 0 aromatic heterocycles. The Kier molecular flexibility index (Phi) is 5.70. The van der Waals surface area contributed by atoms with E-state index in [2.05, 4.69) is 27.9 Å². The minimum absolute atomic E-state index is 0.779. The highest BCUT2D eigenvalue weighted by Crippen LogP contribution is 2.13. The van der Waals surface area contributed by atoms with E-state index in [1.807, 2.05) is 0 Å². The minimum atomic E-state index is 0.779. The SMILES string of the molecule is [CH2]OCCC(C)CC(C)C. The van der Waals surface area contributed by atoms with Crippen molar-refractivity contribution in [2.75, 3.05) is 6.61 Å². The fourth-order valence-corrected chi connectivity index (χ4v) is 1.21. The Bertz CT molecular complexity index is 69.1. The molecule has 1 heteroatoms. The third kappa shape index (κ3) is 6.09. The Balaban J connectivity index is 3.16. The van der Waals surface area contributed by atoms with Crippen molar-refractivity contribution in [2.45, 2.75) is 33.6 Å². The van der Waals surface area contributed by atoms with Crippen molar-refractivity contribution >= 4 is 0 Å². The van der Waals surface area contributed by atoms with Crippen LogP contribution in [-0.2, 0) is 4.74 Å². The minimum Gasteiger partial charge on any atom is -0.379 e. The van der Waals surface area contributed by atoms with Gasteiger partial charge in [0.05, 0.1) is 7.11 Å². The van der Waals surface area contributed by atoms with Crippen molar-refractivity contribution < 1.29 is 4.74 Å². The summed E-state index contributed by atoms with van der Waals surface area (Å²) in [6.07, 6.45) is 2.44. The molecule has 0 aliphatic heterocycles. The smallest absolute Gasteiger partial charge is 0.0700 e. The Morgan fingerprint density at radius 3 is 2.30 bits per heavy atom. The topological polar surface area (TPSA) is 9.23 Å². The fourth-order valence-electron chi connectivity index (χ4n) is 1.21. The van der Waals surface area contributed by atoms with Crippen molar-refractivity contribution in [1.82, 2.24) is 0 Å². The summed E-state index contributed by atoms with van der Waals surface area (Å²) in [5, 5.41) is 0. The summed E-state index contributed by atoms with van der Waals surface area (Å²) in [5.41, 5.74) is 0. The molecule has 0 saturated carbocycles. The molecule has 0 aromatic carbocycles. The van der Waals surface area contributed by atoms with Crippen LogP contribution in [0, 0.1) is 18.9 Å². The first kappa shape index (κ1) is 9.96. The van der Waals surface area contributed by atoms with Gasteiger partial charge in [-0.3, -0.25) is 0 Å². The van der Waals surface area contributed by atoms with E-state index in [0.29, 0.717) is 0 Å². The van der Waals surface area contributed by atoms with Crippen LogP contribution < -0.4 is 0 Å². The van der Waals surface area contributed by atoms with Gasteiger partial charge in [-0.25, -0.2) is 0 Å². The molecule has 0 saturated heterocycles. The van der Waals surface area contributed by atoms with Gasteiger partial charge < -0.3 is 4.74 Å². The third-order valence-electron chi connectivity index (χ3n) is 1.63. The Morgan fingerprint density at radius 1 is 1.30 bits per heavy atom. The molecule has 0 bridgehead atoms. The highest BCUT2D eigenvalue weighted by molar-refractivity contribution is 4.55. The van der Waals surface area contributed by atoms with E-state index < -0.39 is 0 Å². The van der Waals surface area contributed by atoms with Crippen LogP contribution in [0.2, 0.25) is 0 Å². The van der Waals surface area contributed by atoms with Crippen molar-refractivity contribution in [2.24, 2.45) is 11.8 Å². The molecule has 0 aliphatic rings. The van der Waals surface area contributed by atoms with E-state index in [9.17, 15) is 0 Å². The summed E-state index contributed by atoms with van der Waals surface area (Å²) >= 11 is 0. The van der Waals surface area contributed by atoms with E-state index in [1.165, 1.54) is 6.42 Å². The normalized spacial score (nSPS) is 14.1. The Morgan fingerprint density at radius 2 is 1.90 bits per heavy atom. The van der Waals surface area contributed by atoms with Crippen LogP contribution in [0.1, 0.15) is 33.6 Å². The lowest BCUT2D eigenvalue weighted by atomic mass is 9.96. The quantitative estimate of drug-likeness (QED) is 0.575. The lowest BCUT2D eigenvalue weighted by molar-refractivity contribution is 0.211. The first-order valence-corrected chi connectivity index (χ1v) is 4.03. The van der Waals surface area contributed by atoms with Gasteiger partial charge in [0.25, 0.3) is 0 Å². The summed E-state index contributed by atoms with van der Waals surface area (Å²) in [4.78, 5) is 0. The van der Waals surface area contributed by atoms with Gasteiger partial charge in [0, 0.05) is 6.61 Å². The zero-order chi connectivity index (χ0) is 7.98. The standard InChI is InChI=1S/C9H19O/c1-8(2)7-9(3)5-6-10-4/h8-9H,4-7H2,1-3H3. The van der Waals surface area contributed by atoms with Crippen LogP contribution in [0.25, 0.3) is 0 Å². The second-order valence-corrected chi connectivity index (χ2v) is 3.43. The molecule has 0 heterocycles. The van der Waals surface area contributed by atoms with Crippen molar-refractivity contribution in [1.29, 1.82) is 0 Å². The van der Waals surface area contributed by atoms with Crippen molar-refractivity contribution in [3.63, 3.8) is 0 Å². The molecule has 1 atom stereocenters. The predicted octanol–water partition coefficient (Wildman–Crippen LogP) is 2.87. The van der Waals surface area contributed by atoms with Crippen molar-refractivity contribution in [3.05, 3.63) is 7.11 Å². The maximum Gasteiger partial charge on any atom is 0.0700 e. The van der Waals surface area contributed by atoms with Gasteiger partial charge >= 0.3 is 0 Å². The predicted molar refractivity (Wildman–Crippen MR) is 44.5 cm³/mol. The Hall–Kier alpha value is -0.0400. The van der Waals surface area contributed by atoms with Crippen LogP contribution in [-0.4, -0.2) is 6.61 Å². The van der Waals surface area contributed by atoms with Gasteiger partial charge in [-0.05, 0) is 24.7 Å². The molecule has 1 unspecified atom stereocenters. The van der Waals surface area contributed by atoms with E-state index in [0.717, 1.165) is 24.9 Å². The lowest BCUT2D eigenvalue weighted by Crippen LogP contribution is -2.02. The number of ether oxygens (including phenoxy) is 1. The molecule has 0 rings (SSSR count). The van der Waals surface area contributed by atoms with Crippen LogP contribution in [0.15, 0.2) is 0 Å². The van der Waals surface area contributed by atoms with Crippen LogP contribution in [0.5, 0.6) is 0 Å². The molecular weight excluding hydrogens is 124 g/mol. The van der Waals surface area contributed by atoms with Crippen LogP contribution in [0.4, 0.5) is 0 Å². The van der Waals surface area contributed by atoms with Gasteiger partial charge in [-0.2, -0.15) is 0 Å². The summed E-state index contributed by atoms with van der Waals surface area (Å²) in [6.45, 7) is 7.57. The largest absolute Gasteiger partial charge is 0.379 e. The second-order valence-electron chi connectivity index (χ2n) is 3.43. The average molecular weight is 143 g/mol. The van der Waals surface area contributed by atoms with Gasteiger partial charge in [-0.1, -0.05) is 20.8 Å². The van der Waals surface area contributed by atoms with Gasteiger partial charge in [0.2, 0.25) is 0 Å². The van der Waals surface area contributed by atoms with Crippen LogP contribution >= 0.6 is 0 Å². The molecule has 61 valence electrons. The average Bonchev–Trinajstić information content (AvgIpc) is 1.82. The number of rotatable bonds is 5. The molecule has 0 aliphatic carbocycles. The van der Waals surface area contributed by atoms with E-state index in [-0.39, 0.29) is 0 Å². The Labute approximate surface area is 64.8 Å². The maximum absolute atomic E-state index is 4.74. The molecule has 1 radical (unpaired) electrons. The molecule has 10 heavy (non-hydrogen) atoms. The molecule has 0 N–H and O–H groups in total. The highest BCUT2D eigenvalue weighted by atomic mass is 16.5. The maximum atomic E-state index is 4.74.